The van der Waals surface area contributed by atoms with Crippen molar-refractivity contribution < 1.29 is 0 Å². The quantitative estimate of drug-likeness (QED) is 0.651. The van der Waals surface area contributed by atoms with Crippen LogP contribution in [0.5, 0.6) is 0 Å². The lowest BCUT2D eigenvalue weighted by atomic mass is 10.1. The molecule has 2 nitrogen and oxygen atoms in total. The lowest BCUT2D eigenvalue weighted by Gasteiger charge is -2.06. The Morgan fingerprint density at radius 3 is 2.11 bits per heavy atom. The van der Waals surface area contributed by atoms with E-state index in [1.807, 2.05) is 60.7 Å². The van der Waals surface area contributed by atoms with Crippen LogP contribution in [0.3, 0.4) is 0 Å². The Morgan fingerprint density at radius 1 is 0.944 bits per heavy atom. The van der Waals surface area contributed by atoms with Crippen LogP contribution in [-0.2, 0) is 0 Å². The molecule has 0 heterocycles. The third kappa shape index (κ3) is 3.43. The third-order valence-corrected chi connectivity index (χ3v) is 2.65. The van der Waals surface area contributed by atoms with Crippen molar-refractivity contribution in [2.75, 3.05) is 5.32 Å². The van der Waals surface area contributed by atoms with Gasteiger partial charge >= 0.3 is 0 Å². The first kappa shape index (κ1) is 12.3. The van der Waals surface area contributed by atoms with Crippen molar-refractivity contribution in [1.82, 2.24) is 0 Å². The maximum Gasteiger partial charge on any atom is 0.105 e. The average Bonchev–Trinajstić information content (AvgIpc) is 2.40. The summed E-state index contributed by atoms with van der Waals surface area (Å²) in [6.45, 7) is 0. The minimum absolute atomic E-state index is 0.600. The molecule has 0 bridgehead atoms. The largest absolute Gasteiger partial charge is 0.398 e. The zero-order valence-corrected chi connectivity index (χ0v) is 10.7. The molecule has 0 aliphatic carbocycles. The number of nitrogens with two attached hydrogens (primary N) is 1. The topological polar surface area (TPSA) is 38.0 Å². The van der Waals surface area contributed by atoms with Crippen LogP contribution >= 0.6 is 12.2 Å². The first-order valence-electron chi connectivity index (χ1n) is 5.64. The summed E-state index contributed by atoms with van der Waals surface area (Å²) in [6, 6.07) is 19.5. The molecular weight excluding hydrogens is 240 g/mol. The van der Waals surface area contributed by atoms with E-state index in [2.05, 4.69) is 5.32 Å². The van der Waals surface area contributed by atoms with E-state index in [0.29, 0.717) is 10.7 Å². The van der Waals surface area contributed by atoms with E-state index in [0.717, 1.165) is 11.3 Å². The van der Waals surface area contributed by atoms with Crippen molar-refractivity contribution >= 4 is 28.6 Å². The van der Waals surface area contributed by atoms with Gasteiger partial charge in [-0.1, -0.05) is 60.7 Å². The van der Waals surface area contributed by atoms with Crippen LogP contribution in [0.1, 0.15) is 5.56 Å². The van der Waals surface area contributed by atoms with E-state index in [-0.39, 0.29) is 0 Å². The molecule has 0 fully saturated rings. The van der Waals surface area contributed by atoms with Crippen LogP contribution in [0.4, 0.5) is 5.69 Å². The van der Waals surface area contributed by atoms with Gasteiger partial charge in [0.25, 0.3) is 0 Å². The Labute approximate surface area is 112 Å². The van der Waals surface area contributed by atoms with Crippen LogP contribution in [0, 0.1) is 0 Å². The molecule has 0 aromatic heterocycles. The molecule has 0 amide bonds. The van der Waals surface area contributed by atoms with Gasteiger partial charge in [0.05, 0.1) is 0 Å². The summed E-state index contributed by atoms with van der Waals surface area (Å²) >= 11 is 5.24. The molecular formula is C15H14N2S. The van der Waals surface area contributed by atoms with Crippen molar-refractivity contribution in [3.8, 4) is 0 Å². The van der Waals surface area contributed by atoms with Gasteiger partial charge in [-0.15, -0.1) is 0 Å². The minimum Gasteiger partial charge on any atom is -0.398 e. The normalized spacial score (nSPS) is 11.0. The molecule has 0 spiro atoms. The second kappa shape index (κ2) is 5.98. The zero-order valence-electron chi connectivity index (χ0n) is 9.84. The Morgan fingerprint density at radius 2 is 1.50 bits per heavy atom. The molecule has 18 heavy (non-hydrogen) atoms. The Hall–Kier alpha value is -2.13. The molecule has 0 aliphatic rings. The summed E-state index contributed by atoms with van der Waals surface area (Å²) < 4.78 is 0. The number of nitrogens with one attached hydrogen (secondary N) is 1. The monoisotopic (exact) mass is 254 g/mol. The van der Waals surface area contributed by atoms with Gasteiger partial charge in [-0.25, -0.2) is 0 Å². The SMILES string of the molecule is NC(=CC(=S)Nc1ccccc1)c1ccccc1. The van der Waals surface area contributed by atoms with Crippen LogP contribution in [0.25, 0.3) is 5.70 Å². The highest BCUT2D eigenvalue weighted by atomic mass is 32.1. The summed E-state index contributed by atoms with van der Waals surface area (Å²) in [5, 5.41) is 3.12. The second-order valence-electron chi connectivity index (χ2n) is 3.82. The van der Waals surface area contributed by atoms with Gasteiger partial charge < -0.3 is 11.1 Å². The van der Waals surface area contributed by atoms with Gasteiger partial charge in [0.15, 0.2) is 0 Å². The average molecular weight is 254 g/mol. The maximum absolute atomic E-state index is 5.98. The maximum atomic E-state index is 5.98. The fraction of sp³-hybridized carbons (Fsp3) is 0. The van der Waals surface area contributed by atoms with E-state index >= 15 is 0 Å². The number of thiocarbonyl (C=S) groups is 1. The van der Waals surface area contributed by atoms with Gasteiger partial charge in [-0.05, 0) is 23.8 Å². The molecule has 0 saturated heterocycles. The van der Waals surface area contributed by atoms with Gasteiger partial charge in [0.1, 0.15) is 4.99 Å². The van der Waals surface area contributed by atoms with Crippen LogP contribution in [0.2, 0.25) is 0 Å². The summed E-state index contributed by atoms with van der Waals surface area (Å²) in [5.74, 6) is 0. The van der Waals surface area contributed by atoms with Crippen LogP contribution in [0.15, 0.2) is 66.7 Å². The fourth-order valence-corrected chi connectivity index (χ4v) is 1.80. The summed E-state index contributed by atoms with van der Waals surface area (Å²) in [6.07, 6.45) is 1.76. The molecule has 0 unspecified atom stereocenters. The highest BCUT2D eigenvalue weighted by Gasteiger charge is 1.98. The molecule has 0 saturated carbocycles. The lowest BCUT2D eigenvalue weighted by Crippen LogP contribution is -2.08. The Balaban J connectivity index is 2.07. The highest BCUT2D eigenvalue weighted by Crippen LogP contribution is 2.10. The van der Waals surface area contributed by atoms with Crippen LogP contribution < -0.4 is 11.1 Å². The number of hydrogen-bond acceptors (Lipinski definition) is 2. The minimum atomic E-state index is 0.600. The van der Waals surface area contributed by atoms with Crippen LogP contribution in [-0.4, -0.2) is 4.99 Å². The molecule has 0 aliphatic heterocycles. The fourth-order valence-electron chi connectivity index (χ4n) is 1.56. The molecule has 3 N–H and O–H groups in total. The predicted molar refractivity (Wildman–Crippen MR) is 81.3 cm³/mol. The van der Waals surface area contributed by atoms with Crippen molar-refractivity contribution in [3.63, 3.8) is 0 Å². The molecule has 0 atom stereocenters. The summed E-state index contributed by atoms with van der Waals surface area (Å²) in [5.41, 5.74) is 8.56. The number of anilines is 1. The van der Waals surface area contributed by atoms with E-state index < -0.39 is 0 Å². The molecule has 2 rings (SSSR count). The van der Waals surface area contributed by atoms with Gasteiger partial charge in [-0.2, -0.15) is 0 Å². The van der Waals surface area contributed by atoms with E-state index in [9.17, 15) is 0 Å². The third-order valence-electron chi connectivity index (χ3n) is 2.44. The smallest absolute Gasteiger partial charge is 0.105 e. The predicted octanol–water partition coefficient (Wildman–Crippen LogP) is 3.43. The summed E-state index contributed by atoms with van der Waals surface area (Å²) in [4.78, 5) is 0.600. The van der Waals surface area contributed by atoms with Gasteiger partial charge in [-0.3, -0.25) is 0 Å². The number of rotatable bonds is 3. The highest BCUT2D eigenvalue weighted by molar-refractivity contribution is 7.81. The number of benzene rings is 2. The van der Waals surface area contributed by atoms with Crippen molar-refractivity contribution in [1.29, 1.82) is 0 Å². The Bertz CT molecular complexity index is 547. The molecule has 0 radical (unpaired) electrons. The molecule has 2 aromatic rings. The first-order valence-corrected chi connectivity index (χ1v) is 6.05. The van der Waals surface area contributed by atoms with Gasteiger partial charge in [0.2, 0.25) is 0 Å². The number of hydrogen-bond donors (Lipinski definition) is 2. The van der Waals surface area contributed by atoms with Gasteiger partial charge in [0, 0.05) is 11.4 Å². The molecule has 90 valence electrons. The van der Waals surface area contributed by atoms with Crippen molar-refractivity contribution in [2.45, 2.75) is 0 Å². The molecule has 3 heteroatoms. The van der Waals surface area contributed by atoms with Crippen molar-refractivity contribution in [2.24, 2.45) is 5.73 Å². The Kier molecular flexibility index (Phi) is 4.10. The standard InChI is InChI=1S/C15H14N2S/c16-14(12-7-3-1-4-8-12)11-15(18)17-13-9-5-2-6-10-13/h1-11H,16H2,(H,17,18). The zero-order chi connectivity index (χ0) is 12.8. The second-order valence-corrected chi connectivity index (χ2v) is 4.26. The number of para-hydroxylation sites is 1. The molecule has 2 aromatic carbocycles. The van der Waals surface area contributed by atoms with E-state index in [4.69, 9.17) is 18.0 Å². The lowest BCUT2D eigenvalue weighted by molar-refractivity contribution is 1.52. The van der Waals surface area contributed by atoms with Crippen molar-refractivity contribution in [3.05, 3.63) is 72.3 Å². The first-order chi connectivity index (χ1) is 8.75. The van der Waals surface area contributed by atoms with E-state index in [1.165, 1.54) is 0 Å². The van der Waals surface area contributed by atoms with E-state index in [1.54, 1.807) is 6.08 Å². The summed E-state index contributed by atoms with van der Waals surface area (Å²) in [7, 11) is 0.